The molecule has 0 saturated heterocycles. The second kappa shape index (κ2) is 6.57. The van der Waals surface area contributed by atoms with Gasteiger partial charge in [-0.1, -0.05) is 35.9 Å². The smallest absolute Gasteiger partial charge is 0.101 e. The molecule has 3 aromatic rings. The zero-order chi connectivity index (χ0) is 15.4. The van der Waals surface area contributed by atoms with Crippen LogP contribution in [0.5, 0.6) is 0 Å². The van der Waals surface area contributed by atoms with Crippen LogP contribution in [0.25, 0.3) is 22.1 Å². The lowest BCUT2D eigenvalue weighted by Gasteiger charge is -1.99. The van der Waals surface area contributed by atoms with Crippen molar-refractivity contribution in [1.29, 1.82) is 5.26 Å². The summed E-state index contributed by atoms with van der Waals surface area (Å²) in [5, 5.41) is 10.1. The molecule has 0 N–H and O–H groups in total. The van der Waals surface area contributed by atoms with E-state index in [4.69, 9.17) is 11.6 Å². The summed E-state index contributed by atoms with van der Waals surface area (Å²) in [5.41, 5.74) is 2.23. The summed E-state index contributed by atoms with van der Waals surface area (Å²) in [5.74, 6) is 0. The van der Waals surface area contributed by atoms with E-state index in [0.717, 1.165) is 20.3 Å². The third-order valence-electron chi connectivity index (χ3n) is 3.11. The van der Waals surface area contributed by atoms with Crippen molar-refractivity contribution in [3.63, 3.8) is 0 Å². The van der Waals surface area contributed by atoms with Gasteiger partial charge in [0.15, 0.2) is 0 Å². The highest BCUT2D eigenvalue weighted by atomic mass is 35.5. The van der Waals surface area contributed by atoms with Crippen molar-refractivity contribution in [2.24, 2.45) is 0 Å². The molecule has 106 valence electrons. The van der Waals surface area contributed by atoms with Crippen LogP contribution < -0.4 is 0 Å². The van der Waals surface area contributed by atoms with Crippen LogP contribution in [0.15, 0.2) is 60.8 Å². The molecule has 2 nitrogen and oxygen atoms in total. The molecule has 0 atom stereocenters. The van der Waals surface area contributed by atoms with Crippen molar-refractivity contribution >= 4 is 34.6 Å². The van der Waals surface area contributed by atoms with Crippen LogP contribution in [0.4, 0.5) is 0 Å². The van der Waals surface area contributed by atoms with Crippen LogP contribution in [0.2, 0.25) is 5.02 Å². The van der Waals surface area contributed by atoms with Crippen LogP contribution in [0, 0.1) is 11.3 Å². The lowest BCUT2D eigenvalue weighted by atomic mass is 10.1. The molecule has 0 bridgehead atoms. The number of rotatable bonds is 3. The Hall–Kier alpha value is -2.41. The Labute approximate surface area is 138 Å². The van der Waals surface area contributed by atoms with Crippen molar-refractivity contribution in [2.75, 3.05) is 0 Å². The van der Waals surface area contributed by atoms with E-state index in [2.05, 4.69) is 11.1 Å². The molecule has 0 fully saturated rings. The number of halogens is 1. The van der Waals surface area contributed by atoms with Crippen LogP contribution >= 0.6 is 22.9 Å². The Kier molecular flexibility index (Phi) is 4.34. The predicted molar refractivity (Wildman–Crippen MR) is 92.5 cm³/mol. The molecule has 0 radical (unpaired) electrons. The van der Waals surface area contributed by atoms with Crippen molar-refractivity contribution in [3.8, 4) is 16.5 Å². The molecule has 2 heterocycles. The molecule has 0 aliphatic carbocycles. The molecule has 22 heavy (non-hydrogen) atoms. The second-order valence-electron chi connectivity index (χ2n) is 4.57. The van der Waals surface area contributed by atoms with Crippen LogP contribution in [0.3, 0.4) is 0 Å². The monoisotopic (exact) mass is 322 g/mol. The lowest BCUT2D eigenvalue weighted by Crippen LogP contribution is -1.84. The Morgan fingerprint density at radius 2 is 1.91 bits per heavy atom. The molecule has 0 amide bonds. The zero-order valence-electron chi connectivity index (χ0n) is 11.5. The quantitative estimate of drug-likeness (QED) is 0.595. The summed E-state index contributed by atoms with van der Waals surface area (Å²) in [6.07, 6.45) is 3.54. The van der Waals surface area contributed by atoms with Gasteiger partial charge >= 0.3 is 0 Å². The first-order valence-corrected chi connectivity index (χ1v) is 7.85. The molecule has 2 aromatic heterocycles. The molecular weight excluding hydrogens is 312 g/mol. The average molecular weight is 323 g/mol. The summed E-state index contributed by atoms with van der Waals surface area (Å²) in [6.45, 7) is 0. The molecular formula is C18H11ClN2S. The van der Waals surface area contributed by atoms with Gasteiger partial charge in [-0.2, -0.15) is 5.26 Å². The van der Waals surface area contributed by atoms with Crippen molar-refractivity contribution < 1.29 is 0 Å². The van der Waals surface area contributed by atoms with Gasteiger partial charge < -0.3 is 0 Å². The lowest BCUT2D eigenvalue weighted by molar-refractivity contribution is 1.28. The maximum absolute atomic E-state index is 9.33. The predicted octanol–water partition coefficient (Wildman–Crippen LogP) is 5.53. The Morgan fingerprint density at radius 1 is 1.09 bits per heavy atom. The number of aromatic nitrogens is 1. The number of hydrogen-bond donors (Lipinski definition) is 0. The van der Waals surface area contributed by atoms with E-state index in [1.54, 1.807) is 17.5 Å². The van der Waals surface area contributed by atoms with E-state index in [1.807, 2.05) is 60.7 Å². The van der Waals surface area contributed by atoms with E-state index in [1.165, 1.54) is 0 Å². The first-order valence-electron chi connectivity index (χ1n) is 6.66. The van der Waals surface area contributed by atoms with E-state index in [0.29, 0.717) is 11.3 Å². The van der Waals surface area contributed by atoms with Crippen LogP contribution in [0.1, 0.15) is 10.6 Å². The number of benzene rings is 1. The standard InChI is InChI=1S/C18H11ClN2S/c19-16-6-2-1-5-15(16)18-9-8-14(22-18)11-13(12-20)17-7-3-4-10-21-17/h1-11H. The molecule has 0 aliphatic rings. The van der Waals surface area contributed by atoms with Crippen molar-refractivity contribution in [3.05, 3.63) is 76.4 Å². The fourth-order valence-electron chi connectivity index (χ4n) is 2.06. The molecule has 4 heteroatoms. The van der Waals surface area contributed by atoms with Crippen molar-refractivity contribution in [2.45, 2.75) is 0 Å². The minimum atomic E-state index is 0.549. The SMILES string of the molecule is N#CC(=Cc1ccc(-c2ccccc2Cl)s1)c1ccccn1. The van der Waals surface area contributed by atoms with Gasteiger partial charge in [-0.15, -0.1) is 11.3 Å². The summed E-state index contributed by atoms with van der Waals surface area (Å²) < 4.78 is 0. The Bertz CT molecular complexity index is 860. The van der Waals surface area contributed by atoms with Crippen LogP contribution in [-0.2, 0) is 0 Å². The van der Waals surface area contributed by atoms with Gasteiger partial charge in [0, 0.05) is 26.5 Å². The van der Waals surface area contributed by atoms with Gasteiger partial charge in [0.05, 0.1) is 11.3 Å². The normalized spacial score (nSPS) is 11.2. The third kappa shape index (κ3) is 3.09. The number of nitriles is 1. The summed E-state index contributed by atoms with van der Waals surface area (Å²) in [4.78, 5) is 6.29. The molecule has 0 aliphatic heterocycles. The van der Waals surface area contributed by atoms with Gasteiger partial charge in [0.25, 0.3) is 0 Å². The number of hydrogen-bond acceptors (Lipinski definition) is 3. The average Bonchev–Trinajstić information content (AvgIpc) is 3.02. The largest absolute Gasteiger partial charge is 0.256 e. The van der Waals surface area contributed by atoms with E-state index in [9.17, 15) is 5.26 Å². The molecule has 3 rings (SSSR count). The van der Waals surface area contributed by atoms with Crippen LogP contribution in [-0.4, -0.2) is 4.98 Å². The second-order valence-corrected chi connectivity index (χ2v) is 6.09. The highest BCUT2D eigenvalue weighted by Crippen LogP contribution is 2.34. The third-order valence-corrected chi connectivity index (χ3v) is 4.51. The maximum atomic E-state index is 9.33. The molecule has 0 saturated carbocycles. The fraction of sp³-hybridized carbons (Fsp3) is 0. The van der Waals surface area contributed by atoms with E-state index >= 15 is 0 Å². The molecule has 0 unspecified atom stereocenters. The van der Waals surface area contributed by atoms with Crippen molar-refractivity contribution in [1.82, 2.24) is 4.98 Å². The minimum absolute atomic E-state index is 0.549. The highest BCUT2D eigenvalue weighted by molar-refractivity contribution is 7.16. The summed E-state index contributed by atoms with van der Waals surface area (Å²) in [6, 6.07) is 19.5. The van der Waals surface area contributed by atoms with Gasteiger partial charge in [0.1, 0.15) is 6.07 Å². The van der Waals surface area contributed by atoms with E-state index < -0.39 is 0 Å². The minimum Gasteiger partial charge on any atom is -0.256 e. The first kappa shape index (κ1) is 14.5. The maximum Gasteiger partial charge on any atom is 0.101 e. The van der Waals surface area contributed by atoms with Gasteiger partial charge in [-0.3, -0.25) is 4.98 Å². The first-order chi connectivity index (χ1) is 10.8. The Morgan fingerprint density at radius 3 is 2.64 bits per heavy atom. The Balaban J connectivity index is 1.96. The summed E-state index contributed by atoms with van der Waals surface area (Å²) in [7, 11) is 0. The molecule has 0 spiro atoms. The topological polar surface area (TPSA) is 36.7 Å². The zero-order valence-corrected chi connectivity index (χ0v) is 13.1. The number of thiophene rings is 1. The summed E-state index contributed by atoms with van der Waals surface area (Å²) >= 11 is 7.82. The molecule has 1 aromatic carbocycles. The number of pyridine rings is 1. The highest BCUT2D eigenvalue weighted by Gasteiger charge is 2.07. The van der Waals surface area contributed by atoms with Gasteiger partial charge in [-0.05, 0) is 36.4 Å². The van der Waals surface area contributed by atoms with Gasteiger partial charge in [0.2, 0.25) is 0 Å². The fourth-order valence-corrected chi connectivity index (χ4v) is 3.35. The van der Waals surface area contributed by atoms with E-state index in [-0.39, 0.29) is 0 Å². The van der Waals surface area contributed by atoms with Gasteiger partial charge in [-0.25, -0.2) is 0 Å². The number of nitrogens with zero attached hydrogens (tertiary/aromatic N) is 2. The number of allylic oxidation sites excluding steroid dienone is 1.